The Morgan fingerprint density at radius 2 is 1.69 bits per heavy atom. The molecule has 0 fully saturated rings. The quantitative estimate of drug-likeness (QED) is 0.704. The number of rotatable bonds is 2. The van der Waals surface area contributed by atoms with E-state index in [1.165, 1.54) is 17.0 Å². The average Bonchev–Trinajstić information content (AvgIpc) is 2.97. The minimum absolute atomic E-state index is 0.0891. The summed E-state index contributed by atoms with van der Waals surface area (Å²) in [4.78, 5) is 16.2. The molecule has 2 aromatic carbocycles. The van der Waals surface area contributed by atoms with Crippen molar-refractivity contribution in [3.05, 3.63) is 77.3 Å². The number of imidazole rings is 1. The van der Waals surface area contributed by atoms with Crippen LogP contribution in [0.25, 0.3) is 5.69 Å². The lowest BCUT2D eigenvalue weighted by Gasteiger charge is -2.24. The molecule has 1 aliphatic heterocycles. The standard InChI is InChI=1S/C18H11F4N3O/c19-9-4-10(20)6-11(5-9)25-8-23-17-12(7-15(26)24-18(17)25)16-13(21)2-1-3-14(16)22/h1-6,8,12H,7H2,(H,24,26)/t12-/m1/s1. The highest BCUT2D eigenvalue weighted by Gasteiger charge is 2.34. The molecule has 4 nitrogen and oxygen atoms in total. The first-order valence-electron chi connectivity index (χ1n) is 7.71. The third-order valence-electron chi connectivity index (χ3n) is 4.25. The Hall–Kier alpha value is -3.16. The van der Waals surface area contributed by atoms with Crippen LogP contribution in [-0.2, 0) is 4.79 Å². The van der Waals surface area contributed by atoms with Crippen LogP contribution in [0.5, 0.6) is 0 Å². The molecule has 1 aliphatic rings. The van der Waals surface area contributed by atoms with E-state index in [1.54, 1.807) is 0 Å². The van der Waals surface area contributed by atoms with Gasteiger partial charge in [-0.25, -0.2) is 22.5 Å². The minimum Gasteiger partial charge on any atom is -0.310 e. The van der Waals surface area contributed by atoms with E-state index in [0.717, 1.165) is 24.3 Å². The van der Waals surface area contributed by atoms with Crippen LogP contribution in [0.4, 0.5) is 23.4 Å². The lowest BCUT2D eigenvalue weighted by molar-refractivity contribution is -0.116. The molecule has 1 amide bonds. The first kappa shape index (κ1) is 16.3. The van der Waals surface area contributed by atoms with Crippen LogP contribution in [-0.4, -0.2) is 15.5 Å². The van der Waals surface area contributed by atoms with Crippen LogP contribution in [0.2, 0.25) is 0 Å². The number of aromatic nitrogens is 2. The van der Waals surface area contributed by atoms with Gasteiger partial charge in [-0.2, -0.15) is 0 Å². The fraction of sp³-hybridized carbons (Fsp3) is 0.111. The Bertz CT molecular complexity index is 991. The summed E-state index contributed by atoms with van der Waals surface area (Å²) in [5, 5.41) is 2.56. The van der Waals surface area contributed by atoms with Crippen molar-refractivity contribution in [3.8, 4) is 5.69 Å². The van der Waals surface area contributed by atoms with Crippen LogP contribution in [0, 0.1) is 23.3 Å². The number of hydrogen-bond acceptors (Lipinski definition) is 2. The Balaban J connectivity index is 1.88. The van der Waals surface area contributed by atoms with E-state index in [-0.39, 0.29) is 29.2 Å². The summed E-state index contributed by atoms with van der Waals surface area (Å²) >= 11 is 0. The number of benzene rings is 2. The number of hydrogen-bond donors (Lipinski definition) is 1. The van der Waals surface area contributed by atoms with Gasteiger partial charge >= 0.3 is 0 Å². The van der Waals surface area contributed by atoms with Gasteiger partial charge in [-0.1, -0.05) is 6.07 Å². The fourth-order valence-corrected chi connectivity index (χ4v) is 3.16. The normalized spacial score (nSPS) is 16.3. The number of anilines is 1. The Kier molecular flexibility index (Phi) is 3.75. The topological polar surface area (TPSA) is 46.9 Å². The maximum absolute atomic E-state index is 14.2. The highest BCUT2D eigenvalue weighted by molar-refractivity contribution is 5.94. The van der Waals surface area contributed by atoms with Crippen molar-refractivity contribution in [3.63, 3.8) is 0 Å². The molecule has 8 heteroatoms. The zero-order valence-electron chi connectivity index (χ0n) is 13.1. The first-order valence-corrected chi connectivity index (χ1v) is 7.71. The third-order valence-corrected chi connectivity index (χ3v) is 4.25. The van der Waals surface area contributed by atoms with E-state index < -0.39 is 35.1 Å². The van der Waals surface area contributed by atoms with Gasteiger partial charge in [0.25, 0.3) is 0 Å². The number of fused-ring (bicyclic) bond motifs is 1. The maximum Gasteiger partial charge on any atom is 0.226 e. The fourth-order valence-electron chi connectivity index (χ4n) is 3.16. The SMILES string of the molecule is O=C1C[C@H](c2c(F)cccc2F)c2ncn(-c3cc(F)cc(F)c3)c2N1. The van der Waals surface area contributed by atoms with Crippen molar-refractivity contribution >= 4 is 11.7 Å². The molecule has 0 radical (unpaired) electrons. The Morgan fingerprint density at radius 1 is 1.04 bits per heavy atom. The van der Waals surface area contributed by atoms with Crippen molar-refractivity contribution in [2.24, 2.45) is 0 Å². The predicted molar refractivity (Wildman–Crippen MR) is 84.9 cm³/mol. The van der Waals surface area contributed by atoms with E-state index in [4.69, 9.17) is 0 Å². The van der Waals surface area contributed by atoms with Crippen molar-refractivity contribution in [1.82, 2.24) is 9.55 Å². The zero-order chi connectivity index (χ0) is 18.4. The number of carbonyl (C=O) groups is 1. The molecule has 0 saturated carbocycles. The maximum atomic E-state index is 14.2. The van der Waals surface area contributed by atoms with Crippen LogP contribution >= 0.6 is 0 Å². The molecule has 1 atom stereocenters. The average molecular weight is 361 g/mol. The summed E-state index contributed by atoms with van der Waals surface area (Å²) in [7, 11) is 0. The molecule has 0 saturated heterocycles. The minimum atomic E-state index is -0.945. The number of nitrogens with zero attached hydrogens (tertiary/aromatic N) is 2. The molecule has 1 aromatic heterocycles. The lowest BCUT2D eigenvalue weighted by Crippen LogP contribution is -2.26. The smallest absolute Gasteiger partial charge is 0.226 e. The lowest BCUT2D eigenvalue weighted by atomic mass is 9.89. The van der Waals surface area contributed by atoms with E-state index in [9.17, 15) is 22.4 Å². The number of halogens is 4. The molecule has 26 heavy (non-hydrogen) atoms. The van der Waals surface area contributed by atoms with E-state index in [0.29, 0.717) is 6.07 Å². The van der Waals surface area contributed by atoms with E-state index in [1.807, 2.05) is 0 Å². The summed E-state index contributed by atoms with van der Waals surface area (Å²) in [5.74, 6) is -4.49. The van der Waals surface area contributed by atoms with Crippen LogP contribution in [0.15, 0.2) is 42.7 Å². The van der Waals surface area contributed by atoms with Gasteiger partial charge in [0.1, 0.15) is 35.4 Å². The van der Waals surface area contributed by atoms with Gasteiger partial charge in [0.15, 0.2) is 0 Å². The van der Waals surface area contributed by atoms with Gasteiger partial charge in [-0.15, -0.1) is 0 Å². The monoisotopic (exact) mass is 361 g/mol. The molecule has 3 aromatic rings. The molecule has 0 aliphatic carbocycles. The Morgan fingerprint density at radius 3 is 2.35 bits per heavy atom. The summed E-state index contributed by atoms with van der Waals surface area (Å²) < 4.78 is 56.7. The highest BCUT2D eigenvalue weighted by Crippen LogP contribution is 2.39. The van der Waals surface area contributed by atoms with Crippen molar-refractivity contribution < 1.29 is 22.4 Å². The second-order valence-corrected chi connectivity index (χ2v) is 5.92. The van der Waals surface area contributed by atoms with Gasteiger partial charge in [0.2, 0.25) is 5.91 Å². The van der Waals surface area contributed by atoms with E-state index in [2.05, 4.69) is 10.3 Å². The number of amides is 1. The third kappa shape index (κ3) is 2.63. The number of nitrogens with one attached hydrogen (secondary N) is 1. The number of carbonyl (C=O) groups excluding carboxylic acids is 1. The first-order chi connectivity index (χ1) is 12.4. The van der Waals surface area contributed by atoms with Gasteiger partial charge in [-0.3, -0.25) is 9.36 Å². The molecular weight excluding hydrogens is 350 g/mol. The highest BCUT2D eigenvalue weighted by atomic mass is 19.1. The molecule has 132 valence electrons. The summed E-state index contributed by atoms with van der Waals surface area (Å²) in [6.07, 6.45) is 1.05. The van der Waals surface area contributed by atoms with Crippen molar-refractivity contribution in [1.29, 1.82) is 0 Å². The predicted octanol–water partition coefficient (Wildman–Crippen LogP) is 3.90. The van der Waals surface area contributed by atoms with Gasteiger partial charge < -0.3 is 5.32 Å². The van der Waals surface area contributed by atoms with Gasteiger partial charge in [0.05, 0.1) is 11.4 Å². The second kappa shape index (κ2) is 5.98. The van der Waals surface area contributed by atoms with E-state index >= 15 is 0 Å². The largest absolute Gasteiger partial charge is 0.310 e. The van der Waals surface area contributed by atoms with Crippen LogP contribution in [0.1, 0.15) is 23.6 Å². The summed E-state index contributed by atoms with van der Waals surface area (Å²) in [6, 6.07) is 6.26. The van der Waals surface area contributed by atoms with Gasteiger partial charge in [-0.05, 0) is 24.3 Å². The Labute approximate surface area is 145 Å². The van der Waals surface area contributed by atoms with Gasteiger partial charge in [0, 0.05) is 24.0 Å². The molecular formula is C18H11F4N3O. The van der Waals surface area contributed by atoms with Crippen LogP contribution < -0.4 is 5.32 Å². The molecule has 0 unspecified atom stereocenters. The molecule has 0 bridgehead atoms. The van der Waals surface area contributed by atoms with Crippen LogP contribution in [0.3, 0.4) is 0 Å². The molecule has 2 heterocycles. The molecule has 1 N–H and O–H groups in total. The van der Waals surface area contributed by atoms with Crippen molar-refractivity contribution in [2.75, 3.05) is 5.32 Å². The zero-order valence-corrected chi connectivity index (χ0v) is 13.1. The summed E-state index contributed by atoms with van der Waals surface area (Å²) in [6.45, 7) is 0. The molecule has 0 spiro atoms. The second-order valence-electron chi connectivity index (χ2n) is 5.92. The summed E-state index contributed by atoms with van der Waals surface area (Å²) in [5.41, 5.74) is 0.0451. The molecule has 4 rings (SSSR count). The van der Waals surface area contributed by atoms with Crippen molar-refractivity contribution in [2.45, 2.75) is 12.3 Å².